The lowest BCUT2D eigenvalue weighted by molar-refractivity contribution is 0.102. The Balaban J connectivity index is 1.73. The van der Waals surface area contributed by atoms with Gasteiger partial charge in [0, 0.05) is 34.4 Å². The van der Waals surface area contributed by atoms with Crippen LogP contribution in [0, 0.1) is 0 Å². The van der Waals surface area contributed by atoms with Crippen molar-refractivity contribution in [1.29, 1.82) is 0 Å². The molecule has 1 aliphatic rings. The van der Waals surface area contributed by atoms with Crippen molar-refractivity contribution in [3.05, 3.63) is 47.7 Å². The Hall–Kier alpha value is -1.95. The SMILES string of the molecule is CS(=O)Cc1cccc(C(=O)Nc2ccnn2C2CCCCC2)c1. The Morgan fingerprint density at radius 3 is 2.83 bits per heavy atom. The highest BCUT2D eigenvalue weighted by Gasteiger charge is 2.19. The second-order valence-corrected chi connectivity index (χ2v) is 7.76. The summed E-state index contributed by atoms with van der Waals surface area (Å²) in [5.74, 6) is 1.05. The first kappa shape index (κ1) is 16.9. The van der Waals surface area contributed by atoms with E-state index in [-0.39, 0.29) is 5.91 Å². The predicted molar refractivity (Wildman–Crippen MR) is 96.5 cm³/mol. The van der Waals surface area contributed by atoms with Gasteiger partial charge in [-0.1, -0.05) is 31.4 Å². The Morgan fingerprint density at radius 1 is 1.29 bits per heavy atom. The molecule has 0 bridgehead atoms. The van der Waals surface area contributed by atoms with Gasteiger partial charge in [0.25, 0.3) is 5.91 Å². The Bertz CT molecular complexity index is 735. The van der Waals surface area contributed by atoms with Gasteiger partial charge in [-0.2, -0.15) is 5.10 Å². The summed E-state index contributed by atoms with van der Waals surface area (Å²) in [7, 11) is -0.922. The first-order valence-corrected chi connectivity index (χ1v) is 10.1. The normalized spacial score (nSPS) is 16.7. The summed E-state index contributed by atoms with van der Waals surface area (Å²) >= 11 is 0. The second kappa shape index (κ2) is 7.75. The van der Waals surface area contributed by atoms with Crippen molar-refractivity contribution in [2.75, 3.05) is 11.6 Å². The van der Waals surface area contributed by atoms with E-state index in [2.05, 4.69) is 10.4 Å². The van der Waals surface area contributed by atoms with Crippen LogP contribution in [0.25, 0.3) is 0 Å². The minimum absolute atomic E-state index is 0.156. The molecule has 1 atom stereocenters. The molecular weight excluding hydrogens is 322 g/mol. The molecule has 3 rings (SSSR count). The van der Waals surface area contributed by atoms with Crippen LogP contribution in [-0.2, 0) is 16.6 Å². The first-order valence-electron chi connectivity index (χ1n) is 8.37. The van der Waals surface area contributed by atoms with E-state index in [1.54, 1.807) is 24.6 Å². The summed E-state index contributed by atoms with van der Waals surface area (Å²) in [5.41, 5.74) is 1.48. The van der Waals surface area contributed by atoms with Crippen molar-refractivity contribution in [1.82, 2.24) is 9.78 Å². The number of nitrogens with zero attached hydrogens (tertiary/aromatic N) is 2. The molecule has 1 fully saturated rings. The van der Waals surface area contributed by atoms with Crippen LogP contribution < -0.4 is 5.32 Å². The van der Waals surface area contributed by atoms with E-state index in [0.29, 0.717) is 17.4 Å². The minimum atomic E-state index is -0.922. The molecule has 1 heterocycles. The number of carbonyl (C=O) groups excluding carboxylic acids is 1. The fourth-order valence-electron chi connectivity index (χ4n) is 3.26. The zero-order chi connectivity index (χ0) is 16.9. The standard InChI is InChI=1S/C18H23N3O2S/c1-24(23)13-14-6-5-7-15(12-14)18(22)20-17-10-11-19-21(17)16-8-3-2-4-9-16/h5-7,10-12,16H,2-4,8-9,13H2,1H3,(H,20,22). The van der Waals surface area contributed by atoms with Crippen LogP contribution in [-0.4, -0.2) is 26.2 Å². The molecular formula is C18H23N3O2S. The van der Waals surface area contributed by atoms with Crippen molar-refractivity contribution < 1.29 is 9.00 Å². The average molecular weight is 345 g/mol. The van der Waals surface area contributed by atoms with E-state index in [1.165, 1.54) is 19.3 Å². The maximum Gasteiger partial charge on any atom is 0.256 e. The van der Waals surface area contributed by atoms with Crippen molar-refractivity contribution in [2.24, 2.45) is 0 Å². The van der Waals surface area contributed by atoms with Crippen LogP contribution >= 0.6 is 0 Å². The van der Waals surface area contributed by atoms with Crippen LogP contribution in [0.15, 0.2) is 36.5 Å². The predicted octanol–water partition coefficient (Wildman–Crippen LogP) is 3.52. The Labute approximate surface area is 144 Å². The van der Waals surface area contributed by atoms with Gasteiger partial charge in [0.2, 0.25) is 0 Å². The maximum absolute atomic E-state index is 12.6. The van der Waals surface area contributed by atoms with Crippen molar-refractivity contribution in [3.8, 4) is 0 Å². The minimum Gasteiger partial charge on any atom is -0.307 e. The third-order valence-electron chi connectivity index (χ3n) is 4.39. The van der Waals surface area contributed by atoms with Crippen molar-refractivity contribution in [2.45, 2.75) is 43.9 Å². The summed E-state index contributed by atoms with van der Waals surface area (Å²) in [4.78, 5) is 12.6. The van der Waals surface area contributed by atoms with Crippen LogP contribution in [0.2, 0.25) is 0 Å². The summed E-state index contributed by atoms with van der Waals surface area (Å²) in [6.07, 6.45) is 9.34. The van der Waals surface area contributed by atoms with Crippen LogP contribution in [0.4, 0.5) is 5.82 Å². The number of anilines is 1. The van der Waals surface area contributed by atoms with Gasteiger partial charge in [0.15, 0.2) is 0 Å². The quantitative estimate of drug-likeness (QED) is 0.902. The van der Waals surface area contributed by atoms with Gasteiger partial charge in [0.05, 0.1) is 12.2 Å². The molecule has 128 valence electrons. The van der Waals surface area contributed by atoms with E-state index >= 15 is 0 Å². The molecule has 0 radical (unpaired) electrons. The lowest BCUT2D eigenvalue weighted by atomic mass is 9.96. The van der Waals surface area contributed by atoms with Gasteiger partial charge >= 0.3 is 0 Å². The monoisotopic (exact) mass is 345 g/mol. The smallest absolute Gasteiger partial charge is 0.256 e. The fraction of sp³-hybridized carbons (Fsp3) is 0.444. The van der Waals surface area contributed by atoms with Gasteiger partial charge < -0.3 is 5.32 Å². The van der Waals surface area contributed by atoms with Crippen LogP contribution in [0.5, 0.6) is 0 Å². The number of carbonyl (C=O) groups is 1. The highest BCUT2D eigenvalue weighted by atomic mass is 32.2. The largest absolute Gasteiger partial charge is 0.307 e. The molecule has 1 amide bonds. The molecule has 0 saturated heterocycles. The van der Waals surface area contributed by atoms with E-state index in [9.17, 15) is 9.00 Å². The van der Waals surface area contributed by atoms with Crippen molar-refractivity contribution in [3.63, 3.8) is 0 Å². The highest BCUT2D eigenvalue weighted by Crippen LogP contribution is 2.30. The molecule has 24 heavy (non-hydrogen) atoms. The van der Waals surface area contributed by atoms with E-state index in [4.69, 9.17) is 0 Å². The molecule has 1 aromatic carbocycles. The van der Waals surface area contributed by atoms with Crippen molar-refractivity contribution >= 4 is 22.5 Å². The molecule has 1 unspecified atom stereocenters. The van der Waals surface area contributed by atoms with Crippen LogP contribution in [0.3, 0.4) is 0 Å². The molecule has 1 N–H and O–H groups in total. The number of amides is 1. The highest BCUT2D eigenvalue weighted by molar-refractivity contribution is 7.83. The number of benzene rings is 1. The summed E-state index contributed by atoms with van der Waals surface area (Å²) < 4.78 is 13.3. The van der Waals surface area contributed by atoms with Gasteiger partial charge in [-0.25, -0.2) is 4.68 Å². The molecule has 1 aliphatic carbocycles. The number of hydrogen-bond donors (Lipinski definition) is 1. The third kappa shape index (κ3) is 4.12. The molecule has 2 aromatic rings. The van der Waals surface area contributed by atoms with E-state index in [0.717, 1.165) is 24.2 Å². The first-order chi connectivity index (χ1) is 11.6. The molecule has 1 saturated carbocycles. The van der Waals surface area contributed by atoms with Gasteiger partial charge in [-0.3, -0.25) is 9.00 Å². The summed E-state index contributed by atoms with van der Waals surface area (Å²) in [6, 6.07) is 9.52. The summed E-state index contributed by atoms with van der Waals surface area (Å²) in [5, 5.41) is 7.38. The van der Waals surface area contributed by atoms with Gasteiger partial charge in [-0.05, 0) is 30.5 Å². The lowest BCUT2D eigenvalue weighted by Crippen LogP contribution is -2.20. The molecule has 0 spiro atoms. The molecule has 1 aromatic heterocycles. The summed E-state index contributed by atoms with van der Waals surface area (Å²) in [6.45, 7) is 0. The average Bonchev–Trinajstić information content (AvgIpc) is 3.03. The number of nitrogens with one attached hydrogen (secondary N) is 1. The van der Waals surface area contributed by atoms with Gasteiger partial charge in [0.1, 0.15) is 5.82 Å². The molecule has 5 nitrogen and oxygen atoms in total. The fourth-order valence-corrected chi connectivity index (χ4v) is 3.90. The molecule has 6 heteroatoms. The molecule has 0 aliphatic heterocycles. The zero-order valence-corrected chi connectivity index (χ0v) is 14.7. The maximum atomic E-state index is 12.6. The third-order valence-corrected chi connectivity index (χ3v) is 5.13. The number of hydrogen-bond acceptors (Lipinski definition) is 3. The second-order valence-electron chi connectivity index (χ2n) is 6.32. The van der Waals surface area contributed by atoms with E-state index < -0.39 is 10.8 Å². The van der Waals surface area contributed by atoms with Crippen LogP contribution in [0.1, 0.15) is 54.1 Å². The lowest BCUT2D eigenvalue weighted by Gasteiger charge is -2.23. The number of aromatic nitrogens is 2. The van der Waals surface area contributed by atoms with Gasteiger partial charge in [-0.15, -0.1) is 0 Å². The van der Waals surface area contributed by atoms with E-state index in [1.807, 2.05) is 22.9 Å². The zero-order valence-electron chi connectivity index (χ0n) is 13.9. The Morgan fingerprint density at radius 2 is 2.08 bits per heavy atom. The Kier molecular flexibility index (Phi) is 5.45. The number of rotatable bonds is 5. The topological polar surface area (TPSA) is 64.0 Å².